The molecule has 2 aromatic rings. The molecule has 0 aliphatic carbocycles. The summed E-state index contributed by atoms with van der Waals surface area (Å²) in [4.78, 5) is 12.3. The Morgan fingerprint density at radius 3 is 2.64 bits per heavy atom. The summed E-state index contributed by atoms with van der Waals surface area (Å²) in [6, 6.07) is 16.9. The maximum atomic E-state index is 12.3. The Kier molecular flexibility index (Phi) is 8.17. The molecule has 28 heavy (non-hydrogen) atoms. The number of hydrogen-bond donors (Lipinski definition) is 1. The van der Waals surface area contributed by atoms with E-state index in [-0.39, 0.29) is 12.2 Å². The zero-order valence-corrected chi connectivity index (χ0v) is 15.8. The van der Waals surface area contributed by atoms with Gasteiger partial charge in [-0.1, -0.05) is 42.3 Å². The van der Waals surface area contributed by atoms with Crippen LogP contribution in [0.4, 0.5) is 0 Å². The Hall–Kier alpha value is -3.70. The first-order chi connectivity index (χ1) is 13.7. The summed E-state index contributed by atoms with van der Waals surface area (Å²) < 4.78 is 11.0. The first-order valence-corrected chi connectivity index (χ1v) is 8.95. The number of nitrogens with one attached hydrogen (secondary N) is 1. The monoisotopic (exact) mass is 374 g/mol. The third-order valence-electron chi connectivity index (χ3n) is 3.80. The van der Waals surface area contributed by atoms with Gasteiger partial charge in [-0.25, -0.2) is 0 Å². The molecule has 0 aliphatic rings. The third kappa shape index (κ3) is 6.23. The number of nitrogens with zero attached hydrogens (tertiary/aromatic N) is 1. The SMILES string of the molecule is C#CCOc1ccc(/C=C(\C#N)C(=O)NCCc2ccccc2)cc1OCC. The highest BCUT2D eigenvalue weighted by Gasteiger charge is 2.10. The molecule has 0 bridgehead atoms. The van der Waals surface area contributed by atoms with E-state index in [0.29, 0.717) is 36.6 Å². The second kappa shape index (κ2) is 11.1. The molecular formula is C23H22N2O3. The predicted octanol–water partition coefficient (Wildman–Crippen LogP) is 3.36. The van der Waals surface area contributed by atoms with Gasteiger partial charge in [0.05, 0.1) is 6.61 Å². The molecule has 5 heteroatoms. The molecule has 0 saturated heterocycles. The number of carbonyl (C=O) groups excluding carboxylic acids is 1. The second-order valence-corrected chi connectivity index (χ2v) is 5.79. The van der Waals surface area contributed by atoms with E-state index in [2.05, 4.69) is 11.2 Å². The topological polar surface area (TPSA) is 71.3 Å². The third-order valence-corrected chi connectivity index (χ3v) is 3.80. The van der Waals surface area contributed by atoms with Crippen LogP contribution in [-0.2, 0) is 11.2 Å². The summed E-state index contributed by atoms with van der Waals surface area (Å²) in [5, 5.41) is 12.1. The number of terminal acetylenes is 1. The second-order valence-electron chi connectivity index (χ2n) is 5.79. The lowest BCUT2D eigenvalue weighted by Crippen LogP contribution is -2.26. The van der Waals surface area contributed by atoms with Crippen LogP contribution < -0.4 is 14.8 Å². The molecule has 0 spiro atoms. The number of benzene rings is 2. The largest absolute Gasteiger partial charge is 0.490 e. The Morgan fingerprint density at radius 1 is 1.18 bits per heavy atom. The summed E-state index contributed by atoms with van der Waals surface area (Å²) in [7, 11) is 0. The zero-order chi connectivity index (χ0) is 20.2. The smallest absolute Gasteiger partial charge is 0.261 e. The van der Waals surface area contributed by atoms with E-state index < -0.39 is 5.91 Å². The lowest BCUT2D eigenvalue weighted by atomic mass is 10.1. The van der Waals surface area contributed by atoms with Crippen LogP contribution in [0.5, 0.6) is 11.5 Å². The molecule has 1 amide bonds. The normalized spacial score (nSPS) is 10.5. The van der Waals surface area contributed by atoms with E-state index in [1.54, 1.807) is 18.2 Å². The van der Waals surface area contributed by atoms with E-state index in [0.717, 1.165) is 5.56 Å². The van der Waals surface area contributed by atoms with Crippen LogP contribution >= 0.6 is 0 Å². The molecule has 0 unspecified atom stereocenters. The fraction of sp³-hybridized carbons (Fsp3) is 0.217. The highest BCUT2D eigenvalue weighted by Crippen LogP contribution is 2.29. The van der Waals surface area contributed by atoms with Crippen molar-refractivity contribution >= 4 is 12.0 Å². The average molecular weight is 374 g/mol. The quantitative estimate of drug-likeness (QED) is 0.415. The molecule has 0 heterocycles. The molecular weight excluding hydrogens is 352 g/mol. The Balaban J connectivity index is 2.07. The summed E-state index contributed by atoms with van der Waals surface area (Å²) in [6.45, 7) is 2.88. The zero-order valence-electron chi connectivity index (χ0n) is 15.8. The Labute approximate surface area is 165 Å². The van der Waals surface area contributed by atoms with E-state index >= 15 is 0 Å². The van der Waals surface area contributed by atoms with Crippen LogP contribution in [0.15, 0.2) is 54.1 Å². The van der Waals surface area contributed by atoms with Crippen molar-refractivity contribution in [1.29, 1.82) is 5.26 Å². The number of rotatable bonds is 9. The van der Waals surface area contributed by atoms with Crippen LogP contribution in [0.3, 0.4) is 0 Å². The maximum Gasteiger partial charge on any atom is 0.261 e. The summed E-state index contributed by atoms with van der Waals surface area (Å²) >= 11 is 0. The molecule has 0 aliphatic heterocycles. The molecule has 1 N–H and O–H groups in total. The molecule has 142 valence electrons. The van der Waals surface area contributed by atoms with E-state index in [9.17, 15) is 10.1 Å². The van der Waals surface area contributed by atoms with Gasteiger partial charge in [0, 0.05) is 6.54 Å². The van der Waals surface area contributed by atoms with Gasteiger partial charge in [-0.15, -0.1) is 6.42 Å². The number of nitriles is 1. The minimum Gasteiger partial charge on any atom is -0.490 e. The summed E-state index contributed by atoms with van der Waals surface area (Å²) in [6.07, 6.45) is 7.43. The van der Waals surface area contributed by atoms with Crippen molar-refractivity contribution in [2.75, 3.05) is 19.8 Å². The average Bonchev–Trinajstić information content (AvgIpc) is 2.72. The highest BCUT2D eigenvalue weighted by molar-refractivity contribution is 6.01. The van der Waals surface area contributed by atoms with E-state index in [4.69, 9.17) is 15.9 Å². The van der Waals surface area contributed by atoms with Gasteiger partial charge in [0.1, 0.15) is 18.2 Å². The number of hydrogen-bond acceptors (Lipinski definition) is 4. The number of amides is 1. The predicted molar refractivity (Wildman–Crippen MR) is 109 cm³/mol. The maximum absolute atomic E-state index is 12.3. The molecule has 0 atom stereocenters. The lowest BCUT2D eigenvalue weighted by Gasteiger charge is -2.11. The number of carbonyl (C=O) groups is 1. The van der Waals surface area contributed by atoms with Gasteiger partial charge in [0.2, 0.25) is 0 Å². The molecule has 2 aromatic carbocycles. The first kappa shape index (κ1) is 20.6. The van der Waals surface area contributed by atoms with Crippen molar-refractivity contribution in [3.05, 3.63) is 65.2 Å². The summed E-state index contributed by atoms with van der Waals surface area (Å²) in [5.41, 5.74) is 1.80. The number of ether oxygens (including phenoxy) is 2. The van der Waals surface area contributed by atoms with Crippen LogP contribution in [0.25, 0.3) is 6.08 Å². The van der Waals surface area contributed by atoms with Crippen molar-refractivity contribution < 1.29 is 14.3 Å². The van der Waals surface area contributed by atoms with Crippen LogP contribution in [-0.4, -0.2) is 25.7 Å². The van der Waals surface area contributed by atoms with Crippen molar-refractivity contribution in [2.24, 2.45) is 0 Å². The summed E-state index contributed by atoms with van der Waals surface area (Å²) in [5.74, 6) is 3.01. The van der Waals surface area contributed by atoms with Crippen molar-refractivity contribution in [2.45, 2.75) is 13.3 Å². The van der Waals surface area contributed by atoms with Crippen LogP contribution in [0.1, 0.15) is 18.1 Å². The molecule has 0 fully saturated rings. The Morgan fingerprint density at radius 2 is 1.96 bits per heavy atom. The van der Waals surface area contributed by atoms with Gasteiger partial charge in [-0.05, 0) is 42.7 Å². The van der Waals surface area contributed by atoms with Gasteiger partial charge >= 0.3 is 0 Å². The minimum atomic E-state index is -0.413. The fourth-order valence-electron chi connectivity index (χ4n) is 2.50. The van der Waals surface area contributed by atoms with Gasteiger partial charge in [-0.2, -0.15) is 5.26 Å². The van der Waals surface area contributed by atoms with Gasteiger partial charge in [0.25, 0.3) is 5.91 Å². The fourth-order valence-corrected chi connectivity index (χ4v) is 2.50. The van der Waals surface area contributed by atoms with E-state index in [1.807, 2.05) is 43.3 Å². The van der Waals surface area contributed by atoms with E-state index in [1.165, 1.54) is 6.08 Å². The van der Waals surface area contributed by atoms with Gasteiger partial charge in [0.15, 0.2) is 11.5 Å². The Bertz CT molecular complexity index is 906. The molecule has 0 radical (unpaired) electrons. The molecule has 0 saturated carbocycles. The van der Waals surface area contributed by atoms with Gasteiger partial charge < -0.3 is 14.8 Å². The van der Waals surface area contributed by atoms with Crippen molar-refractivity contribution in [3.8, 4) is 29.9 Å². The lowest BCUT2D eigenvalue weighted by molar-refractivity contribution is -0.117. The first-order valence-electron chi connectivity index (χ1n) is 8.95. The van der Waals surface area contributed by atoms with Crippen LogP contribution in [0.2, 0.25) is 0 Å². The minimum absolute atomic E-state index is 0.0211. The van der Waals surface area contributed by atoms with Gasteiger partial charge in [-0.3, -0.25) is 4.79 Å². The van der Waals surface area contributed by atoms with Crippen LogP contribution in [0, 0.1) is 23.7 Å². The van der Waals surface area contributed by atoms with Crippen molar-refractivity contribution in [1.82, 2.24) is 5.32 Å². The molecule has 0 aromatic heterocycles. The molecule has 2 rings (SSSR count). The highest BCUT2D eigenvalue weighted by atomic mass is 16.5. The van der Waals surface area contributed by atoms with Crippen molar-refractivity contribution in [3.63, 3.8) is 0 Å². The molecule has 5 nitrogen and oxygen atoms in total. The standard InChI is InChI=1S/C23H22N2O3/c1-3-14-28-21-11-10-19(16-22(21)27-4-2)15-20(17-24)23(26)25-13-12-18-8-6-5-7-9-18/h1,5-11,15-16H,4,12-14H2,2H3,(H,25,26)/b20-15+.